The van der Waals surface area contributed by atoms with Gasteiger partial charge in [-0.05, 0) is 38.6 Å². The molecule has 0 amide bonds. The smallest absolute Gasteiger partial charge is 0.249 e. The third-order valence-electron chi connectivity index (χ3n) is 3.86. The van der Waals surface area contributed by atoms with Crippen molar-refractivity contribution in [3.8, 4) is 0 Å². The molecule has 98 valence electrons. The van der Waals surface area contributed by atoms with Gasteiger partial charge >= 0.3 is 0 Å². The third-order valence-corrected chi connectivity index (χ3v) is 3.86. The molecule has 0 aliphatic heterocycles. The van der Waals surface area contributed by atoms with E-state index in [4.69, 9.17) is 4.42 Å². The van der Waals surface area contributed by atoms with Gasteiger partial charge in [-0.1, -0.05) is 12.1 Å². The first-order valence-electron chi connectivity index (χ1n) is 5.93. The molecule has 1 heterocycles. The largest absolute Gasteiger partial charge is 0.464 e. The van der Waals surface area contributed by atoms with Crippen molar-refractivity contribution in [3.05, 3.63) is 36.1 Å². The van der Waals surface area contributed by atoms with Gasteiger partial charge in [-0.25, -0.2) is 8.78 Å². The van der Waals surface area contributed by atoms with Crippen molar-refractivity contribution in [3.63, 3.8) is 0 Å². The van der Waals surface area contributed by atoms with E-state index in [1.165, 1.54) is 0 Å². The molecule has 2 aromatic rings. The van der Waals surface area contributed by atoms with E-state index in [0.717, 1.165) is 5.39 Å². The lowest BCUT2D eigenvalue weighted by Gasteiger charge is -2.35. The Morgan fingerprint density at radius 2 is 2.00 bits per heavy atom. The van der Waals surface area contributed by atoms with Crippen LogP contribution in [0.5, 0.6) is 0 Å². The maximum atomic E-state index is 13.5. The minimum absolute atomic E-state index is 0.343. The molecule has 0 spiro atoms. The van der Waals surface area contributed by atoms with Gasteiger partial charge in [0.15, 0.2) is 0 Å². The number of furan rings is 1. The summed E-state index contributed by atoms with van der Waals surface area (Å²) in [7, 11) is 1.69. The molecule has 2 rings (SSSR count). The van der Waals surface area contributed by atoms with Crippen molar-refractivity contribution in [2.45, 2.75) is 31.7 Å². The summed E-state index contributed by atoms with van der Waals surface area (Å²) in [4.78, 5) is 0. The summed E-state index contributed by atoms with van der Waals surface area (Å²) in [5.41, 5.74) is -0.0140. The van der Waals surface area contributed by atoms with Crippen molar-refractivity contribution in [1.82, 2.24) is 5.32 Å². The second-order valence-corrected chi connectivity index (χ2v) is 4.77. The molecule has 1 N–H and O–H groups in total. The molecule has 0 aliphatic carbocycles. The van der Waals surface area contributed by atoms with Crippen LogP contribution in [0, 0.1) is 0 Å². The van der Waals surface area contributed by atoms with Crippen LogP contribution in [0.2, 0.25) is 0 Å². The fourth-order valence-electron chi connectivity index (χ4n) is 2.15. The number of alkyl halides is 2. The predicted molar refractivity (Wildman–Crippen MR) is 68.1 cm³/mol. The second kappa shape index (κ2) is 4.69. The van der Waals surface area contributed by atoms with Crippen LogP contribution < -0.4 is 5.32 Å². The van der Waals surface area contributed by atoms with Crippen LogP contribution in [0.1, 0.15) is 19.4 Å². The average molecular weight is 253 g/mol. The van der Waals surface area contributed by atoms with Gasteiger partial charge in [-0.15, -0.1) is 0 Å². The number of fused-ring (bicyclic) bond motifs is 1. The summed E-state index contributed by atoms with van der Waals surface area (Å²) in [6.07, 6.45) is -0.886. The van der Waals surface area contributed by atoms with Crippen LogP contribution in [0.4, 0.5) is 8.78 Å². The molecule has 18 heavy (non-hydrogen) atoms. The van der Waals surface area contributed by atoms with E-state index in [-0.39, 0.29) is 6.04 Å². The van der Waals surface area contributed by atoms with Gasteiger partial charge < -0.3 is 9.73 Å². The second-order valence-electron chi connectivity index (χ2n) is 4.77. The topological polar surface area (TPSA) is 25.2 Å². The summed E-state index contributed by atoms with van der Waals surface area (Å²) < 4.78 is 32.2. The first-order valence-corrected chi connectivity index (χ1v) is 5.93. The van der Waals surface area contributed by atoms with Crippen molar-refractivity contribution in [2.24, 2.45) is 0 Å². The molecule has 1 aromatic carbocycles. The minimum Gasteiger partial charge on any atom is -0.464 e. The van der Waals surface area contributed by atoms with Crippen molar-refractivity contribution in [2.75, 3.05) is 7.05 Å². The molecule has 0 radical (unpaired) electrons. The molecule has 2 nitrogen and oxygen atoms in total. The van der Waals surface area contributed by atoms with E-state index in [2.05, 4.69) is 5.32 Å². The third kappa shape index (κ3) is 1.90. The Labute approximate surface area is 105 Å². The summed E-state index contributed by atoms with van der Waals surface area (Å²) in [6.45, 7) is 3.33. The highest BCUT2D eigenvalue weighted by Gasteiger charge is 2.41. The van der Waals surface area contributed by atoms with Gasteiger partial charge in [-0.3, -0.25) is 0 Å². The van der Waals surface area contributed by atoms with E-state index in [9.17, 15) is 8.78 Å². The van der Waals surface area contributed by atoms with E-state index in [1.54, 1.807) is 39.3 Å². The molecule has 2 unspecified atom stereocenters. The van der Waals surface area contributed by atoms with E-state index in [0.29, 0.717) is 11.1 Å². The molecular formula is C14H17F2NO. The van der Waals surface area contributed by atoms with Crippen LogP contribution in [0.25, 0.3) is 11.0 Å². The molecule has 0 fully saturated rings. The molecule has 2 atom stereocenters. The Morgan fingerprint density at radius 1 is 1.28 bits per heavy atom. The minimum atomic E-state index is -2.45. The first-order chi connectivity index (χ1) is 8.50. The number of rotatable bonds is 4. The Bertz CT molecular complexity index is 537. The summed E-state index contributed by atoms with van der Waals surface area (Å²) in [5, 5.41) is 3.84. The zero-order valence-corrected chi connectivity index (χ0v) is 10.7. The standard InChI is InChI=1S/C14H17F2NO/c1-9(17-3)14(2,13(15)16)11-5-4-10-6-7-18-12(10)8-11/h4-9,13,17H,1-3H3. The van der Waals surface area contributed by atoms with Crippen LogP contribution >= 0.6 is 0 Å². The highest BCUT2D eigenvalue weighted by atomic mass is 19.3. The highest BCUT2D eigenvalue weighted by molar-refractivity contribution is 5.78. The summed E-state index contributed by atoms with van der Waals surface area (Å²) >= 11 is 0. The molecule has 0 bridgehead atoms. The highest BCUT2D eigenvalue weighted by Crippen LogP contribution is 2.35. The normalized spacial score (nSPS) is 17.0. The molecular weight excluding hydrogens is 236 g/mol. The van der Waals surface area contributed by atoms with Crippen LogP contribution in [-0.2, 0) is 5.41 Å². The number of hydrogen-bond acceptors (Lipinski definition) is 2. The number of benzene rings is 1. The van der Waals surface area contributed by atoms with Crippen LogP contribution in [-0.4, -0.2) is 19.5 Å². The van der Waals surface area contributed by atoms with Gasteiger partial charge in [0.2, 0.25) is 6.43 Å². The van der Waals surface area contributed by atoms with E-state index >= 15 is 0 Å². The first kappa shape index (κ1) is 13.0. The van der Waals surface area contributed by atoms with Gasteiger partial charge in [0.05, 0.1) is 11.7 Å². The SMILES string of the molecule is CNC(C)C(C)(c1ccc2ccoc2c1)C(F)F. The Morgan fingerprint density at radius 3 is 2.61 bits per heavy atom. The quantitative estimate of drug-likeness (QED) is 0.901. The average Bonchev–Trinajstić information content (AvgIpc) is 2.83. The van der Waals surface area contributed by atoms with Gasteiger partial charge in [0.1, 0.15) is 5.58 Å². The predicted octanol–water partition coefficient (Wildman–Crippen LogP) is 3.56. The van der Waals surface area contributed by atoms with Crippen molar-refractivity contribution in [1.29, 1.82) is 0 Å². The van der Waals surface area contributed by atoms with E-state index < -0.39 is 11.8 Å². The Kier molecular flexibility index (Phi) is 3.39. The molecule has 1 aromatic heterocycles. The van der Waals surface area contributed by atoms with E-state index in [1.807, 2.05) is 12.1 Å². The Balaban J connectivity index is 2.53. The van der Waals surface area contributed by atoms with Crippen molar-refractivity contribution >= 4 is 11.0 Å². The molecule has 0 saturated carbocycles. The monoisotopic (exact) mass is 253 g/mol. The molecule has 0 aliphatic rings. The maximum Gasteiger partial charge on any atom is 0.249 e. The van der Waals surface area contributed by atoms with Gasteiger partial charge in [-0.2, -0.15) is 0 Å². The van der Waals surface area contributed by atoms with Crippen LogP contribution in [0.15, 0.2) is 34.9 Å². The van der Waals surface area contributed by atoms with Crippen molar-refractivity contribution < 1.29 is 13.2 Å². The lowest BCUT2D eigenvalue weighted by atomic mass is 9.76. The molecule has 0 saturated heterocycles. The molecule has 4 heteroatoms. The summed E-state index contributed by atoms with van der Waals surface area (Å²) in [5.74, 6) is 0. The number of hydrogen-bond donors (Lipinski definition) is 1. The van der Waals surface area contributed by atoms with Crippen LogP contribution in [0.3, 0.4) is 0 Å². The zero-order chi connectivity index (χ0) is 13.3. The number of likely N-dealkylation sites (N-methyl/N-ethyl adjacent to an activating group) is 1. The number of nitrogens with one attached hydrogen (secondary N) is 1. The fraction of sp³-hybridized carbons (Fsp3) is 0.429. The van der Waals surface area contributed by atoms with Gasteiger partial charge in [0.25, 0.3) is 0 Å². The maximum absolute atomic E-state index is 13.5. The fourth-order valence-corrected chi connectivity index (χ4v) is 2.15. The lowest BCUT2D eigenvalue weighted by molar-refractivity contribution is 0.0407. The number of halogens is 2. The lowest BCUT2D eigenvalue weighted by Crippen LogP contribution is -2.48. The zero-order valence-electron chi connectivity index (χ0n) is 10.7. The Hall–Kier alpha value is -1.42. The summed E-state index contributed by atoms with van der Waals surface area (Å²) in [6, 6.07) is 6.75. The van der Waals surface area contributed by atoms with Gasteiger partial charge in [0, 0.05) is 11.4 Å².